The Morgan fingerprint density at radius 2 is 2.26 bits per heavy atom. The molecule has 1 saturated heterocycles. The van der Waals surface area contributed by atoms with Crippen LogP contribution in [-0.2, 0) is 21.3 Å². The van der Waals surface area contributed by atoms with Crippen molar-refractivity contribution in [1.82, 2.24) is 4.72 Å². The van der Waals surface area contributed by atoms with Gasteiger partial charge in [-0.25, -0.2) is 13.1 Å². The molecule has 6 nitrogen and oxygen atoms in total. The van der Waals surface area contributed by atoms with Gasteiger partial charge < -0.3 is 14.9 Å². The lowest BCUT2D eigenvalue weighted by Gasteiger charge is -2.22. The molecule has 0 spiro atoms. The van der Waals surface area contributed by atoms with Crippen LogP contribution in [-0.4, -0.2) is 27.7 Å². The van der Waals surface area contributed by atoms with E-state index in [4.69, 9.17) is 14.9 Å². The maximum atomic E-state index is 12.1. The molecule has 0 aliphatic carbocycles. The van der Waals surface area contributed by atoms with Crippen molar-refractivity contribution < 1.29 is 17.6 Å². The minimum atomic E-state index is -3.61. The topological polar surface area (TPSA) is 94.6 Å². The number of sulfonamides is 1. The maximum absolute atomic E-state index is 12.1. The smallest absolute Gasteiger partial charge is 0.245 e. The number of rotatable bonds is 5. The SMILES string of the molecule is NCc1cc(S(=O)(=O)NCC2CCCCO2)c(Br)o1. The van der Waals surface area contributed by atoms with Gasteiger partial charge in [0.2, 0.25) is 10.0 Å². The van der Waals surface area contributed by atoms with Crippen molar-refractivity contribution in [2.75, 3.05) is 13.2 Å². The molecule has 0 radical (unpaired) electrons. The van der Waals surface area contributed by atoms with E-state index < -0.39 is 10.0 Å². The Labute approximate surface area is 120 Å². The fourth-order valence-electron chi connectivity index (χ4n) is 1.93. The molecule has 1 aromatic heterocycles. The number of halogens is 1. The van der Waals surface area contributed by atoms with Crippen LogP contribution in [0.3, 0.4) is 0 Å². The highest BCUT2D eigenvalue weighted by Crippen LogP contribution is 2.26. The van der Waals surface area contributed by atoms with Crippen molar-refractivity contribution in [2.24, 2.45) is 5.73 Å². The summed E-state index contributed by atoms with van der Waals surface area (Å²) in [6.45, 7) is 1.12. The third-order valence-electron chi connectivity index (χ3n) is 2.97. The predicted molar refractivity (Wildman–Crippen MR) is 73.1 cm³/mol. The second kappa shape index (κ2) is 6.36. The quantitative estimate of drug-likeness (QED) is 0.833. The van der Waals surface area contributed by atoms with Gasteiger partial charge in [0, 0.05) is 19.2 Å². The highest BCUT2D eigenvalue weighted by atomic mass is 79.9. The molecule has 1 fully saturated rings. The molecule has 108 valence electrons. The minimum Gasteiger partial charge on any atom is -0.452 e. The lowest BCUT2D eigenvalue weighted by Crippen LogP contribution is -2.35. The van der Waals surface area contributed by atoms with Crippen molar-refractivity contribution in [1.29, 1.82) is 0 Å². The number of furan rings is 1. The number of ether oxygens (including phenoxy) is 1. The van der Waals surface area contributed by atoms with E-state index in [9.17, 15) is 8.42 Å². The van der Waals surface area contributed by atoms with Gasteiger partial charge in [-0.05, 0) is 35.2 Å². The van der Waals surface area contributed by atoms with Crippen LogP contribution < -0.4 is 10.5 Å². The number of hydrogen-bond acceptors (Lipinski definition) is 5. The zero-order valence-electron chi connectivity index (χ0n) is 10.4. The van der Waals surface area contributed by atoms with E-state index in [-0.39, 0.29) is 28.8 Å². The number of nitrogens with two attached hydrogens (primary N) is 1. The van der Waals surface area contributed by atoms with Gasteiger partial charge >= 0.3 is 0 Å². The monoisotopic (exact) mass is 352 g/mol. The van der Waals surface area contributed by atoms with E-state index in [1.807, 2.05) is 0 Å². The molecule has 2 rings (SSSR count). The van der Waals surface area contributed by atoms with Crippen LogP contribution in [0.25, 0.3) is 0 Å². The van der Waals surface area contributed by atoms with Crippen LogP contribution in [0.1, 0.15) is 25.0 Å². The first-order valence-electron chi connectivity index (χ1n) is 6.12. The fraction of sp³-hybridized carbons (Fsp3) is 0.636. The average molecular weight is 353 g/mol. The third-order valence-corrected chi connectivity index (χ3v) is 5.25. The highest BCUT2D eigenvalue weighted by molar-refractivity contribution is 9.10. The summed E-state index contributed by atoms with van der Waals surface area (Å²) < 4.78 is 37.6. The van der Waals surface area contributed by atoms with Gasteiger partial charge in [-0.2, -0.15) is 0 Å². The number of hydrogen-bond donors (Lipinski definition) is 2. The zero-order chi connectivity index (χ0) is 13.9. The fourth-order valence-corrected chi connectivity index (χ4v) is 3.99. The molecule has 0 saturated carbocycles. The van der Waals surface area contributed by atoms with E-state index in [1.54, 1.807) is 0 Å². The Balaban J connectivity index is 2.02. The molecule has 0 amide bonds. The Hall–Kier alpha value is -0.410. The van der Waals surface area contributed by atoms with Gasteiger partial charge in [0.1, 0.15) is 10.7 Å². The molecule has 0 bridgehead atoms. The Morgan fingerprint density at radius 1 is 1.47 bits per heavy atom. The molecule has 1 aliphatic rings. The van der Waals surface area contributed by atoms with E-state index >= 15 is 0 Å². The van der Waals surface area contributed by atoms with E-state index in [2.05, 4.69) is 20.7 Å². The summed E-state index contributed by atoms with van der Waals surface area (Å²) in [4.78, 5) is 0.0729. The van der Waals surface area contributed by atoms with Crippen LogP contribution >= 0.6 is 15.9 Å². The summed E-state index contributed by atoms with van der Waals surface area (Å²) in [6, 6.07) is 1.42. The second-order valence-corrected chi connectivity index (χ2v) is 6.85. The molecule has 2 heterocycles. The maximum Gasteiger partial charge on any atom is 0.245 e. The van der Waals surface area contributed by atoms with Gasteiger partial charge in [-0.3, -0.25) is 0 Å². The minimum absolute atomic E-state index is 0.0526. The number of nitrogens with one attached hydrogen (secondary N) is 1. The molecule has 1 aromatic rings. The van der Waals surface area contributed by atoms with Crippen LogP contribution in [0.5, 0.6) is 0 Å². The predicted octanol–water partition coefficient (Wildman–Crippen LogP) is 1.35. The largest absolute Gasteiger partial charge is 0.452 e. The van der Waals surface area contributed by atoms with E-state index in [0.717, 1.165) is 19.3 Å². The highest BCUT2D eigenvalue weighted by Gasteiger charge is 2.24. The van der Waals surface area contributed by atoms with Crippen molar-refractivity contribution >= 4 is 26.0 Å². The molecular weight excluding hydrogens is 336 g/mol. The summed E-state index contributed by atoms with van der Waals surface area (Å²) in [5, 5.41) is 0. The zero-order valence-corrected chi connectivity index (χ0v) is 12.8. The summed E-state index contributed by atoms with van der Waals surface area (Å²) in [6.07, 6.45) is 2.93. The summed E-state index contributed by atoms with van der Waals surface area (Å²) in [5.74, 6) is 0.418. The van der Waals surface area contributed by atoms with Gasteiger partial charge in [-0.15, -0.1) is 0 Å². The Morgan fingerprint density at radius 3 is 2.84 bits per heavy atom. The lowest BCUT2D eigenvalue weighted by molar-refractivity contribution is 0.0200. The van der Waals surface area contributed by atoms with E-state index in [1.165, 1.54) is 6.07 Å². The van der Waals surface area contributed by atoms with Crippen molar-refractivity contribution in [3.05, 3.63) is 16.5 Å². The summed E-state index contributed by atoms with van der Waals surface area (Å²) in [5.41, 5.74) is 5.42. The molecule has 3 N–H and O–H groups in total. The normalized spacial score (nSPS) is 20.6. The lowest BCUT2D eigenvalue weighted by atomic mass is 10.1. The molecule has 1 aliphatic heterocycles. The first-order valence-corrected chi connectivity index (χ1v) is 8.40. The third kappa shape index (κ3) is 3.79. The molecular formula is C11H17BrN2O4S. The Bertz CT molecular complexity index is 523. The molecule has 0 aromatic carbocycles. The van der Waals surface area contributed by atoms with Gasteiger partial charge in [-0.1, -0.05) is 0 Å². The van der Waals surface area contributed by atoms with Crippen molar-refractivity contribution in [3.8, 4) is 0 Å². The van der Waals surface area contributed by atoms with Crippen LogP contribution in [0.15, 0.2) is 20.0 Å². The molecule has 1 atom stereocenters. The van der Waals surface area contributed by atoms with Crippen molar-refractivity contribution in [2.45, 2.75) is 36.8 Å². The van der Waals surface area contributed by atoms with Crippen LogP contribution in [0.4, 0.5) is 0 Å². The van der Waals surface area contributed by atoms with Gasteiger partial charge in [0.05, 0.1) is 12.6 Å². The van der Waals surface area contributed by atoms with Crippen molar-refractivity contribution in [3.63, 3.8) is 0 Å². The van der Waals surface area contributed by atoms with Gasteiger partial charge in [0.15, 0.2) is 4.67 Å². The second-order valence-electron chi connectivity index (χ2n) is 4.40. The van der Waals surface area contributed by atoms with Crippen LogP contribution in [0, 0.1) is 0 Å². The summed E-state index contributed by atoms with van der Waals surface area (Å²) >= 11 is 3.09. The molecule has 1 unspecified atom stereocenters. The molecule has 19 heavy (non-hydrogen) atoms. The summed E-state index contributed by atoms with van der Waals surface area (Å²) in [7, 11) is -3.61. The standard InChI is InChI=1S/C11H17BrN2O4S/c12-11-10(5-9(6-13)18-11)19(15,16)14-7-8-3-1-2-4-17-8/h5,8,14H,1-4,6-7,13H2. The first kappa shape index (κ1) is 15.0. The average Bonchev–Trinajstić information content (AvgIpc) is 2.80. The molecule has 8 heteroatoms. The van der Waals surface area contributed by atoms with Crippen LogP contribution in [0.2, 0.25) is 0 Å². The first-order chi connectivity index (χ1) is 9.03. The Kier molecular flexibility index (Phi) is 5.02. The van der Waals surface area contributed by atoms with Gasteiger partial charge in [0.25, 0.3) is 0 Å². The van der Waals surface area contributed by atoms with E-state index in [0.29, 0.717) is 12.4 Å².